The molecule has 0 radical (unpaired) electrons. The van der Waals surface area contributed by atoms with Gasteiger partial charge in [0, 0.05) is 49.6 Å². The molecule has 1 aliphatic carbocycles. The van der Waals surface area contributed by atoms with Gasteiger partial charge in [0.1, 0.15) is 40.4 Å². The molecule has 0 spiro atoms. The Kier molecular flexibility index (Phi) is 7.25. The lowest BCUT2D eigenvalue weighted by molar-refractivity contribution is -0.0229. The van der Waals surface area contributed by atoms with E-state index in [0.717, 1.165) is 31.2 Å². The normalized spacial score (nSPS) is 18.9. The molecule has 1 aromatic heterocycles. The van der Waals surface area contributed by atoms with Crippen LogP contribution in [-0.4, -0.2) is 52.2 Å². The molecule has 0 amide bonds. The highest BCUT2D eigenvalue weighted by Crippen LogP contribution is 2.45. The molecule has 35 heavy (non-hydrogen) atoms. The fourth-order valence-corrected chi connectivity index (χ4v) is 4.83. The average molecular weight is 490 g/mol. The maximum absolute atomic E-state index is 13.8. The fourth-order valence-electron chi connectivity index (χ4n) is 4.83. The van der Waals surface area contributed by atoms with Crippen molar-refractivity contribution in [2.45, 2.75) is 82.7 Å². The Morgan fingerprint density at radius 2 is 2.03 bits per heavy atom. The molecule has 1 aliphatic heterocycles. The van der Waals surface area contributed by atoms with Crippen molar-refractivity contribution in [1.82, 2.24) is 0 Å². The summed E-state index contributed by atoms with van der Waals surface area (Å²) in [7, 11) is 0. The summed E-state index contributed by atoms with van der Waals surface area (Å²) in [5.74, 6) is 0.851. The van der Waals surface area contributed by atoms with E-state index in [9.17, 15) is 20.1 Å². The zero-order valence-corrected chi connectivity index (χ0v) is 20.2. The number of ether oxygens (including phenoxy) is 2. The van der Waals surface area contributed by atoms with Crippen LogP contribution < -0.4 is 26.4 Å². The maximum Gasteiger partial charge on any atom is 0.200 e. The Balaban J connectivity index is 1.87. The topological polar surface area (TPSA) is 174 Å². The van der Waals surface area contributed by atoms with Gasteiger partial charge >= 0.3 is 0 Å². The SMILES string of the molecule is CC(C)(O)[C@@H]1Cc2c(cc3oc([C@H](O)CCN=C(N)N)c(CCO)c(=O)c3c2OC2CCCC2)O1. The Morgan fingerprint density at radius 1 is 1.31 bits per heavy atom. The number of benzene rings is 1. The first kappa shape index (κ1) is 25.3. The van der Waals surface area contributed by atoms with Crippen LogP contribution >= 0.6 is 0 Å². The lowest BCUT2D eigenvalue weighted by Crippen LogP contribution is -2.39. The first-order valence-corrected chi connectivity index (χ1v) is 12.2. The molecule has 4 rings (SSSR count). The number of hydrogen-bond acceptors (Lipinski definition) is 8. The lowest BCUT2D eigenvalue weighted by Gasteiger charge is -2.24. The third kappa shape index (κ3) is 5.24. The van der Waals surface area contributed by atoms with Crippen molar-refractivity contribution in [1.29, 1.82) is 0 Å². The molecule has 10 nitrogen and oxygen atoms in total. The molecule has 0 saturated heterocycles. The predicted molar refractivity (Wildman–Crippen MR) is 131 cm³/mol. The second-order valence-electron chi connectivity index (χ2n) is 9.90. The van der Waals surface area contributed by atoms with Gasteiger partial charge in [-0.3, -0.25) is 9.79 Å². The number of aliphatic hydroxyl groups excluding tert-OH is 2. The summed E-state index contributed by atoms with van der Waals surface area (Å²) in [5, 5.41) is 31.3. The van der Waals surface area contributed by atoms with Crippen LogP contribution in [0.3, 0.4) is 0 Å². The van der Waals surface area contributed by atoms with Gasteiger partial charge in [-0.2, -0.15) is 0 Å². The van der Waals surface area contributed by atoms with Gasteiger partial charge in [0.15, 0.2) is 11.4 Å². The minimum Gasteiger partial charge on any atom is -0.489 e. The smallest absolute Gasteiger partial charge is 0.200 e. The van der Waals surface area contributed by atoms with Crippen molar-refractivity contribution in [3.05, 3.63) is 33.2 Å². The van der Waals surface area contributed by atoms with E-state index in [-0.39, 0.29) is 65.8 Å². The summed E-state index contributed by atoms with van der Waals surface area (Å²) in [6.07, 6.45) is 2.69. The molecule has 192 valence electrons. The van der Waals surface area contributed by atoms with Gasteiger partial charge in [0.05, 0.1) is 11.7 Å². The number of fused-ring (bicyclic) bond motifs is 2. The number of rotatable bonds is 9. The molecular weight excluding hydrogens is 454 g/mol. The zero-order chi connectivity index (χ0) is 25.3. The van der Waals surface area contributed by atoms with Crippen LogP contribution in [0.1, 0.15) is 68.9 Å². The molecule has 1 aromatic carbocycles. The van der Waals surface area contributed by atoms with E-state index in [2.05, 4.69) is 4.99 Å². The van der Waals surface area contributed by atoms with Gasteiger partial charge < -0.3 is 40.7 Å². The number of nitrogens with two attached hydrogens (primary N) is 2. The van der Waals surface area contributed by atoms with Crippen molar-refractivity contribution in [3.8, 4) is 11.5 Å². The Hall–Kier alpha value is -2.82. The maximum atomic E-state index is 13.8. The third-order valence-corrected chi connectivity index (χ3v) is 6.72. The van der Waals surface area contributed by atoms with E-state index in [0.29, 0.717) is 17.9 Å². The highest BCUT2D eigenvalue weighted by Gasteiger charge is 2.39. The number of hydrogen-bond donors (Lipinski definition) is 5. The predicted octanol–water partition coefficient (Wildman–Crippen LogP) is 1.42. The lowest BCUT2D eigenvalue weighted by atomic mass is 9.95. The van der Waals surface area contributed by atoms with Crippen LogP contribution in [0.2, 0.25) is 0 Å². The summed E-state index contributed by atoms with van der Waals surface area (Å²) in [6, 6.07) is 1.62. The molecular formula is C25H35N3O7. The third-order valence-electron chi connectivity index (χ3n) is 6.72. The largest absolute Gasteiger partial charge is 0.489 e. The van der Waals surface area contributed by atoms with Crippen LogP contribution in [-0.2, 0) is 12.8 Å². The standard InChI is InChI=1S/C25H35N3O7/c1-25(2,32)19-11-15-17(34-19)12-18-20(23(15)33-13-5-3-4-6-13)21(31)14(8-10-29)22(35-18)16(30)7-9-28-24(26)27/h12-13,16,19,29-30,32H,3-11H2,1-2H3,(H4,26,27,28)/t16-,19+/m1/s1. The molecule has 10 heteroatoms. The average Bonchev–Trinajstić information content (AvgIpc) is 3.44. The van der Waals surface area contributed by atoms with E-state index in [1.165, 1.54) is 0 Å². The number of aliphatic hydroxyl groups is 3. The minimum absolute atomic E-state index is 0.00963. The van der Waals surface area contributed by atoms with Crippen molar-refractivity contribution >= 4 is 16.9 Å². The quantitative estimate of drug-likeness (QED) is 0.258. The number of guanidine groups is 1. The second kappa shape index (κ2) is 10.0. The van der Waals surface area contributed by atoms with Crippen molar-refractivity contribution < 1.29 is 29.2 Å². The number of aliphatic imine (C=N–C) groups is 1. The van der Waals surface area contributed by atoms with Crippen LogP contribution in [0.4, 0.5) is 0 Å². The van der Waals surface area contributed by atoms with Gasteiger partial charge in [0.2, 0.25) is 0 Å². The molecule has 1 saturated carbocycles. The molecule has 2 atom stereocenters. The summed E-state index contributed by atoms with van der Waals surface area (Å²) in [4.78, 5) is 17.7. The van der Waals surface area contributed by atoms with Crippen LogP contribution in [0.5, 0.6) is 11.5 Å². The van der Waals surface area contributed by atoms with E-state index >= 15 is 0 Å². The number of nitrogens with zero attached hydrogens (tertiary/aromatic N) is 1. The van der Waals surface area contributed by atoms with E-state index in [1.807, 2.05) is 0 Å². The summed E-state index contributed by atoms with van der Waals surface area (Å²) < 4.78 is 18.6. The van der Waals surface area contributed by atoms with Gasteiger partial charge in [-0.05, 0) is 39.5 Å². The van der Waals surface area contributed by atoms with Crippen molar-refractivity contribution in [2.24, 2.45) is 16.5 Å². The second-order valence-corrected chi connectivity index (χ2v) is 9.90. The Bertz CT molecular complexity index is 1160. The molecule has 1 fully saturated rings. The van der Waals surface area contributed by atoms with Crippen LogP contribution in [0.15, 0.2) is 20.3 Å². The summed E-state index contributed by atoms with van der Waals surface area (Å²) in [6.45, 7) is 3.20. The summed E-state index contributed by atoms with van der Waals surface area (Å²) >= 11 is 0. The fraction of sp³-hybridized carbons (Fsp3) is 0.600. The summed E-state index contributed by atoms with van der Waals surface area (Å²) in [5.41, 5.74) is 10.4. The molecule has 2 heterocycles. The molecule has 2 aliphatic rings. The van der Waals surface area contributed by atoms with E-state index in [4.69, 9.17) is 25.4 Å². The van der Waals surface area contributed by atoms with Crippen molar-refractivity contribution in [3.63, 3.8) is 0 Å². The highest BCUT2D eigenvalue weighted by molar-refractivity contribution is 5.88. The van der Waals surface area contributed by atoms with Gasteiger partial charge in [-0.15, -0.1) is 0 Å². The van der Waals surface area contributed by atoms with Gasteiger partial charge in [-0.1, -0.05) is 0 Å². The van der Waals surface area contributed by atoms with Gasteiger partial charge in [0.25, 0.3) is 0 Å². The van der Waals surface area contributed by atoms with Gasteiger partial charge in [-0.25, -0.2) is 0 Å². The molecule has 0 bridgehead atoms. The molecule has 2 aromatic rings. The Labute approximate surface area is 203 Å². The van der Waals surface area contributed by atoms with Crippen LogP contribution in [0.25, 0.3) is 11.0 Å². The van der Waals surface area contributed by atoms with E-state index < -0.39 is 17.8 Å². The molecule has 7 N–H and O–H groups in total. The Morgan fingerprint density at radius 3 is 2.66 bits per heavy atom. The first-order valence-electron chi connectivity index (χ1n) is 12.2. The van der Waals surface area contributed by atoms with Crippen molar-refractivity contribution in [2.75, 3.05) is 13.2 Å². The minimum atomic E-state index is -1.16. The van der Waals surface area contributed by atoms with E-state index in [1.54, 1.807) is 19.9 Å². The zero-order valence-electron chi connectivity index (χ0n) is 20.2. The van der Waals surface area contributed by atoms with Crippen LogP contribution in [0, 0.1) is 0 Å². The first-order chi connectivity index (χ1) is 16.6. The monoisotopic (exact) mass is 489 g/mol. The highest BCUT2D eigenvalue weighted by atomic mass is 16.5. The molecule has 0 unspecified atom stereocenters.